The van der Waals surface area contributed by atoms with Crippen molar-refractivity contribution in [2.75, 3.05) is 0 Å². The fourth-order valence-electron chi connectivity index (χ4n) is 0.478. The third-order valence-corrected chi connectivity index (χ3v) is 1.49. The van der Waals surface area contributed by atoms with Crippen molar-refractivity contribution in [3.63, 3.8) is 0 Å². The van der Waals surface area contributed by atoms with E-state index in [4.69, 9.17) is 0 Å². The maximum Gasteiger partial charge on any atom is -0.00813 e. The molecule has 1 unspecified atom stereocenters. The van der Waals surface area contributed by atoms with Gasteiger partial charge in [0.25, 0.3) is 0 Å². The molecule has 0 amide bonds. The monoisotopic (exact) mass is 136 g/mol. The van der Waals surface area contributed by atoms with Crippen molar-refractivity contribution >= 4 is 0 Å². The molecule has 0 radical (unpaired) electrons. The minimum Gasteiger partial charge on any atom is -0.102 e. The normalized spacial score (nSPS) is 15.7. The first-order valence-electron chi connectivity index (χ1n) is 3.64. The van der Waals surface area contributed by atoms with E-state index in [1.54, 1.807) is 0 Å². The lowest BCUT2D eigenvalue weighted by Crippen LogP contribution is -1.79. The lowest BCUT2D eigenvalue weighted by molar-refractivity contribution is 0.942. The molecular formula is C10H16. The van der Waals surface area contributed by atoms with Crippen molar-refractivity contribution in [3.05, 3.63) is 36.5 Å². The molecule has 0 spiro atoms. The van der Waals surface area contributed by atoms with Crippen LogP contribution in [-0.4, -0.2) is 0 Å². The second-order valence-corrected chi connectivity index (χ2v) is 2.49. The second-order valence-electron chi connectivity index (χ2n) is 2.49. The molecule has 0 aromatic heterocycles. The van der Waals surface area contributed by atoms with E-state index in [0.717, 1.165) is 0 Å². The average Bonchev–Trinajstić information content (AvgIpc) is 1.99. The topological polar surface area (TPSA) is 0 Å². The molecule has 0 heteroatoms. The van der Waals surface area contributed by atoms with Crippen molar-refractivity contribution in [3.8, 4) is 0 Å². The van der Waals surface area contributed by atoms with Crippen LogP contribution in [0.15, 0.2) is 36.5 Å². The molecule has 0 saturated carbocycles. The summed E-state index contributed by atoms with van der Waals surface area (Å²) in [4.78, 5) is 0. The molecule has 0 saturated heterocycles. The zero-order valence-electron chi connectivity index (χ0n) is 7.09. The van der Waals surface area contributed by atoms with Gasteiger partial charge in [0.2, 0.25) is 0 Å². The SMILES string of the molecule is C=CC(C)C=C/C(C)=C\C. The summed E-state index contributed by atoms with van der Waals surface area (Å²) < 4.78 is 0. The van der Waals surface area contributed by atoms with Crippen LogP contribution < -0.4 is 0 Å². The highest BCUT2D eigenvalue weighted by Gasteiger charge is 1.85. The van der Waals surface area contributed by atoms with Crippen LogP contribution in [0.5, 0.6) is 0 Å². The molecule has 1 atom stereocenters. The lowest BCUT2D eigenvalue weighted by atomic mass is 10.1. The largest absolute Gasteiger partial charge is 0.102 e. The maximum absolute atomic E-state index is 3.69. The Labute approximate surface area is 64.0 Å². The van der Waals surface area contributed by atoms with Gasteiger partial charge in [0, 0.05) is 0 Å². The first kappa shape index (κ1) is 9.22. The van der Waals surface area contributed by atoms with Gasteiger partial charge in [-0.1, -0.05) is 36.8 Å². The molecule has 0 bridgehead atoms. The van der Waals surface area contributed by atoms with Gasteiger partial charge < -0.3 is 0 Å². The highest BCUT2D eigenvalue weighted by molar-refractivity contribution is 5.16. The first-order chi connectivity index (χ1) is 4.70. The van der Waals surface area contributed by atoms with E-state index in [0.29, 0.717) is 5.92 Å². The summed E-state index contributed by atoms with van der Waals surface area (Å²) in [6.45, 7) is 9.94. The van der Waals surface area contributed by atoms with Gasteiger partial charge in [-0.05, 0) is 19.8 Å². The molecule has 0 rings (SSSR count). The summed E-state index contributed by atoms with van der Waals surface area (Å²) >= 11 is 0. The van der Waals surface area contributed by atoms with E-state index >= 15 is 0 Å². The van der Waals surface area contributed by atoms with Gasteiger partial charge in [-0.3, -0.25) is 0 Å². The van der Waals surface area contributed by atoms with E-state index in [9.17, 15) is 0 Å². The predicted octanol–water partition coefficient (Wildman–Crippen LogP) is 3.33. The molecule has 0 nitrogen and oxygen atoms in total. The zero-order valence-corrected chi connectivity index (χ0v) is 7.09. The molecule has 10 heavy (non-hydrogen) atoms. The minimum absolute atomic E-state index is 0.481. The number of rotatable bonds is 3. The van der Waals surface area contributed by atoms with Gasteiger partial charge in [0.05, 0.1) is 0 Å². The Morgan fingerprint density at radius 2 is 2.10 bits per heavy atom. The van der Waals surface area contributed by atoms with Crippen molar-refractivity contribution < 1.29 is 0 Å². The summed E-state index contributed by atoms with van der Waals surface area (Å²) in [7, 11) is 0. The highest BCUT2D eigenvalue weighted by Crippen LogP contribution is 2.01. The third kappa shape index (κ3) is 4.13. The van der Waals surface area contributed by atoms with Crippen LogP contribution >= 0.6 is 0 Å². The van der Waals surface area contributed by atoms with Crippen LogP contribution in [0.4, 0.5) is 0 Å². The van der Waals surface area contributed by atoms with E-state index in [1.165, 1.54) is 5.57 Å². The van der Waals surface area contributed by atoms with Gasteiger partial charge in [-0.15, -0.1) is 6.58 Å². The third-order valence-electron chi connectivity index (χ3n) is 1.49. The minimum atomic E-state index is 0.481. The lowest BCUT2D eigenvalue weighted by Gasteiger charge is -1.94. The molecule has 0 fully saturated rings. The van der Waals surface area contributed by atoms with Gasteiger partial charge >= 0.3 is 0 Å². The molecule has 0 heterocycles. The van der Waals surface area contributed by atoms with Crippen molar-refractivity contribution in [2.24, 2.45) is 5.92 Å². The molecule has 0 aliphatic rings. The fraction of sp³-hybridized carbons (Fsp3) is 0.400. The Morgan fingerprint density at radius 1 is 1.50 bits per heavy atom. The number of hydrogen-bond donors (Lipinski definition) is 0. The summed E-state index contributed by atoms with van der Waals surface area (Å²) in [5.74, 6) is 0.481. The van der Waals surface area contributed by atoms with Crippen molar-refractivity contribution in [1.82, 2.24) is 0 Å². The Kier molecular flexibility index (Phi) is 4.65. The van der Waals surface area contributed by atoms with E-state index < -0.39 is 0 Å². The van der Waals surface area contributed by atoms with Gasteiger partial charge in [0.15, 0.2) is 0 Å². The molecule has 0 aliphatic heterocycles. The van der Waals surface area contributed by atoms with E-state index in [1.807, 2.05) is 13.0 Å². The van der Waals surface area contributed by atoms with Gasteiger partial charge in [-0.25, -0.2) is 0 Å². The quantitative estimate of drug-likeness (QED) is 0.412. The van der Waals surface area contributed by atoms with Crippen molar-refractivity contribution in [1.29, 1.82) is 0 Å². The zero-order chi connectivity index (χ0) is 7.98. The highest BCUT2D eigenvalue weighted by atomic mass is 13.9. The Bertz CT molecular complexity index is 149. The summed E-state index contributed by atoms with van der Waals surface area (Å²) in [6, 6.07) is 0. The molecule has 56 valence electrons. The van der Waals surface area contributed by atoms with Gasteiger partial charge in [0.1, 0.15) is 0 Å². The summed E-state index contributed by atoms with van der Waals surface area (Å²) in [5, 5.41) is 0. The van der Waals surface area contributed by atoms with Crippen LogP contribution in [0.2, 0.25) is 0 Å². The van der Waals surface area contributed by atoms with E-state index in [-0.39, 0.29) is 0 Å². The number of allylic oxidation sites excluding steroid dienone is 5. The van der Waals surface area contributed by atoms with Crippen LogP contribution in [0.25, 0.3) is 0 Å². The molecule has 0 aromatic carbocycles. The Morgan fingerprint density at radius 3 is 2.50 bits per heavy atom. The Hall–Kier alpha value is -0.780. The fourth-order valence-corrected chi connectivity index (χ4v) is 0.478. The molecule has 0 aliphatic carbocycles. The van der Waals surface area contributed by atoms with Crippen LogP contribution in [-0.2, 0) is 0 Å². The second kappa shape index (κ2) is 5.04. The Balaban J connectivity index is 3.86. The van der Waals surface area contributed by atoms with Crippen LogP contribution in [0.1, 0.15) is 20.8 Å². The summed E-state index contributed by atoms with van der Waals surface area (Å²) in [6.07, 6.45) is 8.28. The molecule has 0 aromatic rings. The standard InChI is InChI=1S/C10H16/c1-5-9(3)7-8-10(4)6-2/h5-9H,1H2,2-4H3/b8-7?,10-6-. The van der Waals surface area contributed by atoms with Crippen LogP contribution in [0.3, 0.4) is 0 Å². The predicted molar refractivity (Wildman–Crippen MR) is 47.9 cm³/mol. The maximum atomic E-state index is 3.69. The summed E-state index contributed by atoms with van der Waals surface area (Å²) in [5.41, 5.74) is 1.30. The van der Waals surface area contributed by atoms with Crippen LogP contribution in [0, 0.1) is 5.92 Å². The average molecular weight is 136 g/mol. The van der Waals surface area contributed by atoms with E-state index in [2.05, 4.69) is 38.7 Å². The molecular weight excluding hydrogens is 120 g/mol. The van der Waals surface area contributed by atoms with Gasteiger partial charge in [-0.2, -0.15) is 0 Å². The number of hydrogen-bond acceptors (Lipinski definition) is 0. The first-order valence-corrected chi connectivity index (χ1v) is 3.64. The molecule has 0 N–H and O–H groups in total. The smallest absolute Gasteiger partial charge is 0.00813 e. The van der Waals surface area contributed by atoms with Crippen molar-refractivity contribution in [2.45, 2.75) is 20.8 Å².